The average molecular weight is 449 g/mol. The summed E-state index contributed by atoms with van der Waals surface area (Å²) in [5, 5.41) is 15.5. The summed E-state index contributed by atoms with van der Waals surface area (Å²) in [6, 6.07) is 14.5. The highest BCUT2D eigenvalue weighted by Gasteiger charge is 2.18. The first kappa shape index (κ1) is 21.2. The molecule has 0 spiro atoms. The molecule has 7 nitrogen and oxygen atoms in total. The van der Waals surface area contributed by atoms with Crippen LogP contribution in [0.2, 0.25) is 0 Å². The fourth-order valence-electron chi connectivity index (χ4n) is 4.52. The lowest BCUT2D eigenvalue weighted by atomic mass is 10.0. The van der Waals surface area contributed by atoms with Crippen LogP contribution in [-0.2, 0) is 19.7 Å². The van der Waals surface area contributed by atoms with Crippen molar-refractivity contribution in [1.82, 2.24) is 24.8 Å². The first-order chi connectivity index (χ1) is 15.7. The molecule has 2 aromatic carbocycles. The Bertz CT molecular complexity index is 1260. The minimum absolute atomic E-state index is 0.0103. The van der Waals surface area contributed by atoms with E-state index < -0.39 is 0 Å². The molecule has 5 rings (SSSR count). The van der Waals surface area contributed by atoms with Crippen LogP contribution < -0.4 is 11.1 Å². The second-order valence-corrected chi connectivity index (χ2v) is 8.96. The van der Waals surface area contributed by atoms with Crippen LogP contribution in [0.3, 0.4) is 0 Å². The van der Waals surface area contributed by atoms with Gasteiger partial charge in [0, 0.05) is 38.1 Å². The number of nitrogens with one attached hydrogen (secondary N) is 1. The lowest BCUT2D eigenvalue weighted by Gasteiger charge is -2.27. The molecule has 0 atom stereocenters. The van der Waals surface area contributed by atoms with E-state index in [2.05, 4.69) is 44.0 Å². The highest BCUT2D eigenvalue weighted by Crippen LogP contribution is 2.32. The van der Waals surface area contributed by atoms with Crippen LogP contribution in [0.1, 0.15) is 16.7 Å². The lowest BCUT2D eigenvalue weighted by molar-refractivity contribution is 0.232. The van der Waals surface area contributed by atoms with E-state index in [1.165, 1.54) is 5.56 Å². The van der Waals surface area contributed by atoms with Crippen molar-refractivity contribution in [3.8, 4) is 0 Å². The number of hydrogen-bond donors (Lipinski definition) is 3. The number of anilines is 1. The number of thioether (sulfide) groups is 1. The number of hydrogen-bond acceptors (Lipinski definition) is 7. The predicted molar refractivity (Wildman–Crippen MR) is 131 cm³/mol. The van der Waals surface area contributed by atoms with E-state index in [0.29, 0.717) is 12.4 Å². The van der Waals surface area contributed by atoms with Gasteiger partial charge in [0.2, 0.25) is 0 Å². The van der Waals surface area contributed by atoms with Gasteiger partial charge >= 0.3 is 0 Å². The molecule has 4 aromatic rings. The maximum Gasteiger partial charge on any atom is 0.169 e. The van der Waals surface area contributed by atoms with E-state index in [1.807, 2.05) is 24.5 Å². The summed E-state index contributed by atoms with van der Waals surface area (Å²) in [5.74, 6) is 0.446. The standard InChI is InChI=1S/C24H28N6OS/c1-32-24-28-21-22(19-4-2-3-5-20(19)27-23(21)25)30(24)14-17-7-6-16(12-18(17)15-31)13-29-10-8-26-9-11-29/h2-7,12,26,31H,8-11,13-15H2,1H3,(H2,25,27). The van der Waals surface area contributed by atoms with Gasteiger partial charge in [-0.2, -0.15) is 0 Å². The van der Waals surface area contributed by atoms with Gasteiger partial charge in [-0.15, -0.1) is 0 Å². The predicted octanol–water partition coefficient (Wildman–Crippen LogP) is 2.83. The van der Waals surface area contributed by atoms with E-state index in [9.17, 15) is 5.11 Å². The van der Waals surface area contributed by atoms with Crippen molar-refractivity contribution < 1.29 is 5.11 Å². The largest absolute Gasteiger partial charge is 0.392 e. The molecule has 1 aliphatic heterocycles. The van der Waals surface area contributed by atoms with Crippen LogP contribution >= 0.6 is 11.8 Å². The van der Waals surface area contributed by atoms with Crippen molar-refractivity contribution in [3.63, 3.8) is 0 Å². The van der Waals surface area contributed by atoms with Crippen molar-refractivity contribution >= 4 is 39.5 Å². The van der Waals surface area contributed by atoms with Crippen molar-refractivity contribution in [3.05, 3.63) is 59.2 Å². The molecular weight excluding hydrogens is 420 g/mol. The lowest BCUT2D eigenvalue weighted by Crippen LogP contribution is -2.42. The third-order valence-corrected chi connectivity index (χ3v) is 6.82. The van der Waals surface area contributed by atoms with Crippen LogP contribution in [-0.4, -0.2) is 57.0 Å². The third kappa shape index (κ3) is 3.95. The quantitative estimate of drug-likeness (QED) is 0.391. The number of nitrogens with zero attached hydrogens (tertiary/aromatic N) is 4. The number of para-hydroxylation sites is 1. The molecule has 1 saturated heterocycles. The van der Waals surface area contributed by atoms with Crippen molar-refractivity contribution in [2.75, 3.05) is 38.2 Å². The first-order valence-corrected chi connectivity index (χ1v) is 12.1. The van der Waals surface area contributed by atoms with E-state index in [-0.39, 0.29) is 6.61 Å². The van der Waals surface area contributed by atoms with E-state index >= 15 is 0 Å². The number of nitrogens with two attached hydrogens (primary N) is 1. The summed E-state index contributed by atoms with van der Waals surface area (Å²) in [6.45, 7) is 5.70. The van der Waals surface area contributed by atoms with Gasteiger partial charge in [0.05, 0.1) is 24.2 Å². The molecule has 0 bridgehead atoms. The van der Waals surface area contributed by atoms with Crippen molar-refractivity contribution in [2.45, 2.75) is 24.9 Å². The fraction of sp³-hybridized carbons (Fsp3) is 0.333. The molecule has 0 amide bonds. The van der Waals surface area contributed by atoms with Gasteiger partial charge < -0.3 is 20.7 Å². The highest BCUT2D eigenvalue weighted by atomic mass is 32.2. The number of aliphatic hydroxyl groups is 1. The molecule has 32 heavy (non-hydrogen) atoms. The monoisotopic (exact) mass is 448 g/mol. The zero-order chi connectivity index (χ0) is 22.1. The average Bonchev–Trinajstić information content (AvgIpc) is 3.20. The zero-order valence-electron chi connectivity index (χ0n) is 18.2. The van der Waals surface area contributed by atoms with Gasteiger partial charge in [-0.3, -0.25) is 4.90 Å². The van der Waals surface area contributed by atoms with Crippen molar-refractivity contribution in [1.29, 1.82) is 0 Å². The van der Waals surface area contributed by atoms with Gasteiger partial charge in [-0.25, -0.2) is 9.97 Å². The summed E-state index contributed by atoms with van der Waals surface area (Å²) in [6.07, 6.45) is 2.02. The number of rotatable bonds is 6. The molecule has 4 N–H and O–H groups in total. The summed E-state index contributed by atoms with van der Waals surface area (Å²) in [4.78, 5) is 11.8. The summed E-state index contributed by atoms with van der Waals surface area (Å²) in [7, 11) is 0. The molecule has 1 fully saturated rings. The van der Waals surface area contributed by atoms with Gasteiger partial charge in [0.1, 0.15) is 5.52 Å². The number of benzene rings is 2. The van der Waals surface area contributed by atoms with Crippen LogP contribution in [0, 0.1) is 0 Å². The number of imidazole rings is 1. The van der Waals surface area contributed by atoms with Gasteiger partial charge in [-0.1, -0.05) is 48.2 Å². The van der Waals surface area contributed by atoms with E-state index in [1.54, 1.807) is 11.8 Å². The molecule has 0 aliphatic carbocycles. The zero-order valence-corrected chi connectivity index (χ0v) is 19.0. The molecule has 8 heteroatoms. The normalized spacial score (nSPS) is 15.1. The van der Waals surface area contributed by atoms with Gasteiger partial charge in [-0.05, 0) is 29.0 Å². The Kier molecular flexibility index (Phi) is 6.01. The molecule has 0 saturated carbocycles. The Morgan fingerprint density at radius 1 is 1.06 bits per heavy atom. The molecule has 2 aromatic heterocycles. The molecule has 0 unspecified atom stereocenters. The number of fused-ring (bicyclic) bond motifs is 3. The molecule has 3 heterocycles. The molecule has 166 valence electrons. The fourth-order valence-corrected chi connectivity index (χ4v) is 5.08. The topological polar surface area (TPSA) is 92.2 Å². The molecule has 1 aliphatic rings. The Morgan fingerprint density at radius 2 is 1.88 bits per heavy atom. The number of aromatic nitrogens is 3. The summed E-state index contributed by atoms with van der Waals surface area (Å²) < 4.78 is 2.20. The Labute approximate surface area is 191 Å². The SMILES string of the molecule is CSc1nc2c(N)nc3ccccc3c2n1Cc1ccc(CN2CCNCC2)cc1CO. The Balaban J connectivity index is 1.55. The van der Waals surface area contributed by atoms with E-state index in [0.717, 1.165) is 70.9 Å². The Morgan fingerprint density at radius 3 is 2.66 bits per heavy atom. The molecule has 0 radical (unpaired) electrons. The van der Waals surface area contributed by atoms with Crippen molar-refractivity contribution in [2.24, 2.45) is 0 Å². The van der Waals surface area contributed by atoms with Crippen LogP contribution in [0.5, 0.6) is 0 Å². The number of piperazine rings is 1. The molecular formula is C24H28N6OS. The Hall–Kier alpha value is -2.65. The van der Waals surface area contributed by atoms with E-state index in [4.69, 9.17) is 10.7 Å². The maximum absolute atomic E-state index is 10.1. The summed E-state index contributed by atoms with van der Waals surface area (Å²) >= 11 is 1.59. The first-order valence-electron chi connectivity index (χ1n) is 10.9. The summed E-state index contributed by atoms with van der Waals surface area (Å²) in [5.41, 5.74) is 12.1. The second-order valence-electron chi connectivity index (χ2n) is 8.18. The minimum atomic E-state index is 0.0103. The minimum Gasteiger partial charge on any atom is -0.392 e. The number of nitrogen functional groups attached to an aromatic ring is 1. The number of pyridine rings is 1. The third-order valence-electron chi connectivity index (χ3n) is 6.14. The highest BCUT2D eigenvalue weighted by molar-refractivity contribution is 7.98. The van der Waals surface area contributed by atoms with Crippen LogP contribution in [0.25, 0.3) is 21.9 Å². The van der Waals surface area contributed by atoms with Crippen LogP contribution in [0.4, 0.5) is 5.82 Å². The smallest absolute Gasteiger partial charge is 0.169 e. The van der Waals surface area contributed by atoms with Crippen LogP contribution in [0.15, 0.2) is 47.6 Å². The number of aliphatic hydroxyl groups excluding tert-OH is 1. The van der Waals surface area contributed by atoms with Gasteiger partial charge in [0.25, 0.3) is 0 Å². The van der Waals surface area contributed by atoms with Gasteiger partial charge in [0.15, 0.2) is 11.0 Å². The second kappa shape index (κ2) is 9.07. The maximum atomic E-state index is 10.1.